The Kier molecular flexibility index (Phi) is 4.94. The zero-order chi connectivity index (χ0) is 17.4. The molecule has 2 fully saturated rings. The van der Waals surface area contributed by atoms with Gasteiger partial charge in [-0.25, -0.2) is 12.8 Å². The fourth-order valence-corrected chi connectivity index (χ4v) is 5.17. The molecule has 1 spiro atoms. The molecule has 0 unspecified atom stereocenters. The molecule has 1 aliphatic heterocycles. The van der Waals surface area contributed by atoms with Crippen LogP contribution in [0.25, 0.3) is 0 Å². The third-order valence-corrected chi connectivity index (χ3v) is 7.20. The Hall–Kier alpha value is -1.06. The van der Waals surface area contributed by atoms with E-state index in [0.29, 0.717) is 45.5 Å². The van der Waals surface area contributed by atoms with Gasteiger partial charge < -0.3 is 15.6 Å². The third-order valence-electron chi connectivity index (χ3n) is 5.28. The van der Waals surface area contributed by atoms with Crippen LogP contribution >= 0.6 is 0 Å². The number of hydrogen-bond donors (Lipinski definition) is 2. The summed E-state index contributed by atoms with van der Waals surface area (Å²) in [6.07, 6.45) is 1.14. The van der Waals surface area contributed by atoms with E-state index in [1.807, 2.05) is 0 Å². The van der Waals surface area contributed by atoms with Gasteiger partial charge in [0.05, 0.1) is 23.7 Å². The van der Waals surface area contributed by atoms with Crippen molar-refractivity contribution in [1.82, 2.24) is 4.31 Å². The van der Waals surface area contributed by atoms with Gasteiger partial charge in [0.2, 0.25) is 10.0 Å². The lowest BCUT2D eigenvalue weighted by Crippen LogP contribution is -2.62. The van der Waals surface area contributed by atoms with Gasteiger partial charge in [0.25, 0.3) is 0 Å². The summed E-state index contributed by atoms with van der Waals surface area (Å²) < 4.78 is 45.4. The summed E-state index contributed by atoms with van der Waals surface area (Å²) in [5.41, 5.74) is 5.09. The highest BCUT2D eigenvalue weighted by Gasteiger charge is 2.56. The van der Waals surface area contributed by atoms with Crippen molar-refractivity contribution in [2.75, 3.05) is 26.2 Å². The topological polar surface area (TPSA) is 92.9 Å². The Morgan fingerprint density at radius 2 is 1.92 bits per heavy atom. The second kappa shape index (κ2) is 6.68. The minimum atomic E-state index is -3.64. The summed E-state index contributed by atoms with van der Waals surface area (Å²) >= 11 is 0. The summed E-state index contributed by atoms with van der Waals surface area (Å²) in [7, 11) is -3.64. The van der Waals surface area contributed by atoms with Gasteiger partial charge in [-0.2, -0.15) is 4.31 Å². The summed E-state index contributed by atoms with van der Waals surface area (Å²) in [4.78, 5) is 0.0879. The average molecular weight is 358 g/mol. The van der Waals surface area contributed by atoms with E-state index < -0.39 is 21.9 Å². The molecule has 8 heteroatoms. The quantitative estimate of drug-likeness (QED) is 0.808. The van der Waals surface area contributed by atoms with Crippen LogP contribution in [0.1, 0.15) is 19.3 Å². The van der Waals surface area contributed by atoms with Gasteiger partial charge in [0.1, 0.15) is 5.82 Å². The number of nitrogens with two attached hydrogens (primary N) is 1. The van der Waals surface area contributed by atoms with Crippen molar-refractivity contribution in [2.45, 2.75) is 36.4 Å². The second-order valence-electron chi connectivity index (χ2n) is 6.49. The molecule has 2 atom stereocenters. The van der Waals surface area contributed by atoms with Crippen LogP contribution in [0.5, 0.6) is 0 Å². The standard InChI is InChI=1S/C16H23FN2O4S/c17-12-1-3-13(4-2-12)24(21,22)19-8-5-16(6-9-19)14(20)11-15(16)23-10-7-18/h1-4,14-15,20H,5-11,18H2/t14-,15+/m0/s1. The van der Waals surface area contributed by atoms with Crippen LogP contribution in [0.3, 0.4) is 0 Å². The summed E-state index contributed by atoms with van der Waals surface area (Å²) in [5.74, 6) is -0.468. The smallest absolute Gasteiger partial charge is 0.243 e. The first-order chi connectivity index (χ1) is 11.4. The first-order valence-corrected chi connectivity index (χ1v) is 9.59. The molecule has 0 aromatic heterocycles. The lowest BCUT2D eigenvalue weighted by Gasteiger charge is -2.56. The van der Waals surface area contributed by atoms with E-state index in [1.54, 1.807) is 0 Å². The number of hydrogen-bond acceptors (Lipinski definition) is 5. The highest BCUT2D eigenvalue weighted by Crippen LogP contribution is 2.51. The Morgan fingerprint density at radius 3 is 2.46 bits per heavy atom. The van der Waals surface area contributed by atoms with E-state index >= 15 is 0 Å². The first kappa shape index (κ1) is 17.8. The zero-order valence-corrected chi connectivity index (χ0v) is 14.2. The van der Waals surface area contributed by atoms with Crippen LogP contribution in [0, 0.1) is 11.2 Å². The van der Waals surface area contributed by atoms with Gasteiger partial charge in [-0.15, -0.1) is 0 Å². The molecule has 2 aliphatic rings. The van der Waals surface area contributed by atoms with Crippen LogP contribution in [-0.4, -0.2) is 56.3 Å². The van der Waals surface area contributed by atoms with Crippen molar-refractivity contribution in [3.05, 3.63) is 30.1 Å². The lowest BCUT2D eigenvalue weighted by atomic mass is 9.58. The van der Waals surface area contributed by atoms with Crippen LogP contribution in [0.4, 0.5) is 4.39 Å². The third kappa shape index (κ3) is 2.97. The molecule has 134 valence electrons. The first-order valence-electron chi connectivity index (χ1n) is 8.15. The van der Waals surface area contributed by atoms with Crippen molar-refractivity contribution in [3.8, 4) is 0 Å². The lowest BCUT2D eigenvalue weighted by molar-refractivity contribution is -0.206. The predicted molar refractivity (Wildman–Crippen MR) is 86.2 cm³/mol. The van der Waals surface area contributed by atoms with Gasteiger partial charge in [-0.05, 0) is 37.1 Å². The molecular weight excluding hydrogens is 335 g/mol. The van der Waals surface area contributed by atoms with E-state index in [0.717, 1.165) is 12.1 Å². The fraction of sp³-hybridized carbons (Fsp3) is 0.625. The minimum absolute atomic E-state index is 0.0632. The van der Waals surface area contributed by atoms with E-state index in [1.165, 1.54) is 16.4 Å². The largest absolute Gasteiger partial charge is 0.392 e. The Bertz CT molecular complexity index is 672. The second-order valence-corrected chi connectivity index (χ2v) is 8.43. The molecule has 1 saturated heterocycles. The van der Waals surface area contributed by atoms with Crippen molar-refractivity contribution in [1.29, 1.82) is 0 Å². The Labute approximate surface area is 141 Å². The van der Waals surface area contributed by atoms with Crippen LogP contribution in [0.2, 0.25) is 0 Å². The Morgan fingerprint density at radius 1 is 1.29 bits per heavy atom. The molecule has 1 aromatic carbocycles. The maximum atomic E-state index is 13.0. The highest BCUT2D eigenvalue weighted by molar-refractivity contribution is 7.89. The van der Waals surface area contributed by atoms with Gasteiger partial charge in [-0.3, -0.25) is 0 Å². The van der Waals surface area contributed by atoms with Crippen molar-refractivity contribution in [2.24, 2.45) is 11.1 Å². The molecule has 6 nitrogen and oxygen atoms in total. The maximum Gasteiger partial charge on any atom is 0.243 e. The van der Waals surface area contributed by atoms with E-state index in [-0.39, 0.29) is 16.4 Å². The fourth-order valence-electron chi connectivity index (χ4n) is 3.72. The molecule has 3 rings (SSSR count). The van der Waals surface area contributed by atoms with E-state index in [4.69, 9.17) is 10.5 Å². The number of ether oxygens (including phenoxy) is 1. The van der Waals surface area contributed by atoms with Gasteiger partial charge >= 0.3 is 0 Å². The molecule has 0 radical (unpaired) electrons. The molecule has 3 N–H and O–H groups in total. The molecular formula is C16H23FN2O4S. The number of aliphatic hydroxyl groups is 1. The van der Waals surface area contributed by atoms with E-state index in [9.17, 15) is 17.9 Å². The monoisotopic (exact) mass is 358 g/mol. The molecule has 1 saturated carbocycles. The number of sulfonamides is 1. The molecule has 1 aromatic rings. The minimum Gasteiger partial charge on any atom is -0.392 e. The Balaban J connectivity index is 1.69. The maximum absolute atomic E-state index is 13.0. The predicted octanol–water partition coefficient (Wildman–Crippen LogP) is 0.705. The molecule has 24 heavy (non-hydrogen) atoms. The average Bonchev–Trinajstić information content (AvgIpc) is 2.59. The molecule has 1 aliphatic carbocycles. The number of piperidine rings is 1. The molecule has 0 bridgehead atoms. The molecule has 0 amide bonds. The summed E-state index contributed by atoms with van der Waals surface area (Å²) in [5, 5.41) is 10.2. The van der Waals surface area contributed by atoms with Gasteiger partial charge in [-0.1, -0.05) is 0 Å². The zero-order valence-electron chi connectivity index (χ0n) is 13.4. The number of halogens is 1. The number of nitrogens with zero attached hydrogens (tertiary/aromatic N) is 1. The normalized spacial score (nSPS) is 27.1. The highest BCUT2D eigenvalue weighted by atomic mass is 32.2. The van der Waals surface area contributed by atoms with Crippen LogP contribution in [-0.2, 0) is 14.8 Å². The van der Waals surface area contributed by atoms with Gasteiger partial charge in [0, 0.05) is 31.5 Å². The number of benzene rings is 1. The van der Waals surface area contributed by atoms with Crippen LogP contribution in [0.15, 0.2) is 29.2 Å². The van der Waals surface area contributed by atoms with Crippen molar-refractivity contribution < 1.29 is 22.7 Å². The SMILES string of the molecule is NCCO[C@@H]1C[C@H](O)C12CCN(S(=O)(=O)c1ccc(F)cc1)CC2. The van der Waals surface area contributed by atoms with Gasteiger partial charge in [0.15, 0.2) is 0 Å². The summed E-state index contributed by atoms with van der Waals surface area (Å²) in [6, 6.07) is 4.84. The number of aliphatic hydroxyl groups excluding tert-OH is 1. The van der Waals surface area contributed by atoms with Crippen LogP contribution < -0.4 is 5.73 Å². The summed E-state index contributed by atoms with van der Waals surface area (Å²) in [6.45, 7) is 1.50. The number of rotatable bonds is 5. The van der Waals surface area contributed by atoms with Crippen molar-refractivity contribution in [3.63, 3.8) is 0 Å². The van der Waals surface area contributed by atoms with E-state index in [2.05, 4.69) is 0 Å². The molecule has 1 heterocycles. The van der Waals surface area contributed by atoms with Crippen molar-refractivity contribution >= 4 is 10.0 Å².